The lowest BCUT2D eigenvalue weighted by molar-refractivity contribution is 0.414. The molecule has 2 aromatic carbocycles. The Hall–Kier alpha value is -1.85. The number of hydrogen-bond acceptors (Lipinski definition) is 3. The summed E-state index contributed by atoms with van der Waals surface area (Å²) in [5.41, 5.74) is 2.34. The molecule has 1 aliphatic heterocycles. The van der Waals surface area contributed by atoms with E-state index < -0.39 is 10.0 Å². The van der Waals surface area contributed by atoms with E-state index in [4.69, 9.17) is 4.74 Å². The van der Waals surface area contributed by atoms with Crippen LogP contribution in [0.4, 0.5) is 0 Å². The molecule has 0 spiro atoms. The number of rotatable bonds is 6. The Balaban J connectivity index is 1.73. The summed E-state index contributed by atoms with van der Waals surface area (Å²) in [6, 6.07) is 15.2. The van der Waals surface area contributed by atoms with Gasteiger partial charge in [0.05, 0.1) is 12.0 Å². The standard InChI is InChI=1S/C20H25NO3S/c1-3-4-16-5-11-20(12-6-16)25(22,23)21-14-13-18(15-21)17-7-9-19(24-2)10-8-17/h5-12,18H,3-4,13-15H2,1-2H3. The van der Waals surface area contributed by atoms with Crippen molar-refractivity contribution in [2.75, 3.05) is 20.2 Å². The summed E-state index contributed by atoms with van der Waals surface area (Å²) in [6.45, 7) is 3.22. The van der Waals surface area contributed by atoms with Crippen LogP contribution in [0.2, 0.25) is 0 Å². The molecule has 4 nitrogen and oxygen atoms in total. The third-order valence-electron chi connectivity index (χ3n) is 4.84. The van der Waals surface area contributed by atoms with Gasteiger partial charge >= 0.3 is 0 Å². The van der Waals surface area contributed by atoms with Crippen LogP contribution in [0, 0.1) is 0 Å². The Morgan fingerprint density at radius 1 is 1.08 bits per heavy atom. The molecule has 0 aromatic heterocycles. The van der Waals surface area contributed by atoms with Gasteiger partial charge in [-0.2, -0.15) is 4.31 Å². The van der Waals surface area contributed by atoms with Gasteiger partial charge in [0.2, 0.25) is 10.0 Å². The SMILES string of the molecule is CCCc1ccc(S(=O)(=O)N2CCC(c3ccc(OC)cc3)C2)cc1. The average Bonchev–Trinajstić information content (AvgIpc) is 3.13. The number of benzene rings is 2. The molecule has 0 aliphatic carbocycles. The molecule has 1 saturated heterocycles. The smallest absolute Gasteiger partial charge is 0.243 e. The first kappa shape index (κ1) is 18.0. The zero-order valence-electron chi connectivity index (χ0n) is 14.8. The maximum Gasteiger partial charge on any atom is 0.243 e. The Kier molecular flexibility index (Phi) is 5.45. The fourth-order valence-corrected chi connectivity index (χ4v) is 4.86. The summed E-state index contributed by atoms with van der Waals surface area (Å²) >= 11 is 0. The number of hydrogen-bond donors (Lipinski definition) is 0. The molecule has 1 fully saturated rings. The van der Waals surface area contributed by atoms with Gasteiger partial charge in [-0.25, -0.2) is 8.42 Å². The average molecular weight is 359 g/mol. The van der Waals surface area contributed by atoms with E-state index in [1.165, 1.54) is 5.56 Å². The van der Waals surface area contributed by atoms with Gasteiger partial charge in [-0.15, -0.1) is 0 Å². The predicted molar refractivity (Wildman–Crippen MR) is 99.5 cm³/mol. The van der Waals surface area contributed by atoms with Gasteiger partial charge < -0.3 is 4.74 Å². The second-order valence-corrected chi connectivity index (χ2v) is 8.45. The molecule has 134 valence electrons. The summed E-state index contributed by atoms with van der Waals surface area (Å²) in [5, 5.41) is 0. The molecule has 1 heterocycles. The molecule has 0 amide bonds. The normalized spacial score (nSPS) is 18.4. The van der Waals surface area contributed by atoms with E-state index in [1.807, 2.05) is 36.4 Å². The second-order valence-electron chi connectivity index (χ2n) is 6.52. The van der Waals surface area contributed by atoms with Gasteiger partial charge in [-0.1, -0.05) is 37.6 Å². The summed E-state index contributed by atoms with van der Waals surface area (Å²) in [5.74, 6) is 1.05. The number of ether oxygens (including phenoxy) is 1. The van der Waals surface area contributed by atoms with E-state index >= 15 is 0 Å². The van der Waals surface area contributed by atoms with Crippen molar-refractivity contribution in [1.29, 1.82) is 0 Å². The highest BCUT2D eigenvalue weighted by Gasteiger charge is 2.33. The van der Waals surface area contributed by atoms with E-state index in [2.05, 4.69) is 6.92 Å². The lowest BCUT2D eigenvalue weighted by Gasteiger charge is -2.17. The van der Waals surface area contributed by atoms with Crippen LogP contribution < -0.4 is 4.74 Å². The lowest BCUT2D eigenvalue weighted by Crippen LogP contribution is -2.28. The molecular formula is C20H25NO3S. The van der Waals surface area contributed by atoms with Crippen molar-refractivity contribution in [1.82, 2.24) is 4.31 Å². The Morgan fingerprint density at radius 3 is 2.36 bits per heavy atom. The van der Waals surface area contributed by atoms with Crippen LogP contribution in [0.5, 0.6) is 5.75 Å². The van der Waals surface area contributed by atoms with Crippen LogP contribution in [0.3, 0.4) is 0 Å². The summed E-state index contributed by atoms with van der Waals surface area (Å²) in [6.07, 6.45) is 2.88. The minimum atomic E-state index is -3.42. The maximum absolute atomic E-state index is 12.9. The number of sulfonamides is 1. The monoisotopic (exact) mass is 359 g/mol. The first-order valence-corrected chi connectivity index (χ1v) is 10.2. The molecule has 0 radical (unpaired) electrons. The number of aryl methyl sites for hydroxylation is 1. The number of methoxy groups -OCH3 is 1. The highest BCUT2D eigenvalue weighted by Crippen LogP contribution is 2.32. The Bertz CT molecular complexity index is 798. The summed E-state index contributed by atoms with van der Waals surface area (Å²) in [4.78, 5) is 0.391. The van der Waals surface area contributed by atoms with E-state index in [0.717, 1.165) is 30.6 Å². The molecule has 5 heteroatoms. The minimum Gasteiger partial charge on any atom is -0.497 e. The van der Waals surface area contributed by atoms with Crippen molar-refractivity contribution in [2.24, 2.45) is 0 Å². The highest BCUT2D eigenvalue weighted by molar-refractivity contribution is 7.89. The van der Waals surface area contributed by atoms with Crippen LogP contribution >= 0.6 is 0 Å². The third-order valence-corrected chi connectivity index (χ3v) is 6.72. The van der Waals surface area contributed by atoms with Crippen molar-refractivity contribution in [3.63, 3.8) is 0 Å². The van der Waals surface area contributed by atoms with Gasteiger partial charge in [-0.3, -0.25) is 0 Å². The number of nitrogens with zero attached hydrogens (tertiary/aromatic N) is 1. The molecule has 1 aliphatic rings. The van der Waals surface area contributed by atoms with Crippen molar-refractivity contribution in [2.45, 2.75) is 37.0 Å². The largest absolute Gasteiger partial charge is 0.497 e. The first-order chi connectivity index (χ1) is 12.0. The van der Waals surface area contributed by atoms with Crippen LogP contribution in [0.1, 0.15) is 36.8 Å². The molecule has 0 bridgehead atoms. The fourth-order valence-electron chi connectivity index (χ4n) is 3.36. The van der Waals surface area contributed by atoms with Gasteiger partial charge in [0.25, 0.3) is 0 Å². The van der Waals surface area contributed by atoms with Gasteiger partial charge in [0.15, 0.2) is 0 Å². The molecule has 0 saturated carbocycles. The van der Waals surface area contributed by atoms with Gasteiger partial charge in [0, 0.05) is 13.1 Å². The van der Waals surface area contributed by atoms with Gasteiger partial charge in [-0.05, 0) is 54.2 Å². The molecule has 1 unspecified atom stereocenters. The molecule has 0 N–H and O–H groups in total. The van der Waals surface area contributed by atoms with Crippen LogP contribution in [0.15, 0.2) is 53.4 Å². The van der Waals surface area contributed by atoms with Crippen molar-refractivity contribution >= 4 is 10.0 Å². The molecule has 25 heavy (non-hydrogen) atoms. The lowest BCUT2D eigenvalue weighted by atomic mass is 9.99. The maximum atomic E-state index is 12.9. The molecule has 2 aromatic rings. The topological polar surface area (TPSA) is 46.6 Å². The molecule has 3 rings (SSSR count). The summed E-state index contributed by atoms with van der Waals surface area (Å²) in [7, 11) is -1.77. The van der Waals surface area contributed by atoms with Crippen molar-refractivity contribution in [3.05, 3.63) is 59.7 Å². The van der Waals surface area contributed by atoms with Crippen LogP contribution in [-0.4, -0.2) is 32.9 Å². The van der Waals surface area contributed by atoms with E-state index in [0.29, 0.717) is 18.0 Å². The van der Waals surface area contributed by atoms with E-state index in [1.54, 1.807) is 23.5 Å². The first-order valence-electron chi connectivity index (χ1n) is 8.77. The Morgan fingerprint density at radius 2 is 1.76 bits per heavy atom. The van der Waals surface area contributed by atoms with Crippen LogP contribution in [-0.2, 0) is 16.4 Å². The van der Waals surface area contributed by atoms with Gasteiger partial charge in [0.1, 0.15) is 5.75 Å². The minimum absolute atomic E-state index is 0.236. The zero-order chi connectivity index (χ0) is 17.9. The zero-order valence-corrected chi connectivity index (χ0v) is 15.6. The Labute approximate surface area is 150 Å². The predicted octanol–water partition coefficient (Wildman–Crippen LogP) is 3.83. The quantitative estimate of drug-likeness (QED) is 0.787. The molecular weight excluding hydrogens is 334 g/mol. The summed E-state index contributed by atoms with van der Waals surface area (Å²) < 4.78 is 32.6. The third kappa shape index (κ3) is 3.88. The second kappa shape index (κ2) is 7.58. The highest BCUT2D eigenvalue weighted by atomic mass is 32.2. The fraction of sp³-hybridized carbons (Fsp3) is 0.400. The van der Waals surface area contributed by atoms with Crippen molar-refractivity contribution < 1.29 is 13.2 Å². The van der Waals surface area contributed by atoms with Crippen molar-refractivity contribution in [3.8, 4) is 5.75 Å². The molecule has 1 atom stereocenters. The van der Waals surface area contributed by atoms with E-state index in [9.17, 15) is 8.42 Å². The van der Waals surface area contributed by atoms with E-state index in [-0.39, 0.29) is 5.92 Å². The van der Waals surface area contributed by atoms with Crippen LogP contribution in [0.25, 0.3) is 0 Å².